The average molecular weight is 381 g/mol. The average Bonchev–Trinajstić information content (AvgIpc) is 3.40. The van der Waals surface area contributed by atoms with Crippen LogP contribution in [0.4, 0.5) is 4.39 Å². The van der Waals surface area contributed by atoms with E-state index in [1.165, 1.54) is 12.1 Å². The normalized spacial score (nSPS) is 11.2. The Kier molecular flexibility index (Phi) is 4.68. The Morgan fingerprint density at radius 3 is 2.93 bits per heavy atom. The van der Waals surface area contributed by atoms with E-state index in [-0.39, 0.29) is 17.4 Å². The van der Waals surface area contributed by atoms with Crippen molar-refractivity contribution >= 4 is 16.8 Å². The zero-order chi connectivity index (χ0) is 19.7. The summed E-state index contributed by atoms with van der Waals surface area (Å²) in [7, 11) is 1.92. The molecule has 0 aliphatic carbocycles. The first-order chi connectivity index (χ1) is 13.5. The van der Waals surface area contributed by atoms with Crippen LogP contribution in [0, 0.1) is 5.82 Å². The summed E-state index contributed by atoms with van der Waals surface area (Å²) < 4.78 is 22.5. The lowest BCUT2D eigenvalue weighted by Crippen LogP contribution is -2.25. The quantitative estimate of drug-likeness (QED) is 0.557. The van der Waals surface area contributed by atoms with Crippen LogP contribution in [0.1, 0.15) is 23.0 Å². The number of rotatable bonds is 6. The van der Waals surface area contributed by atoms with E-state index in [2.05, 4.69) is 15.6 Å². The Hall–Kier alpha value is -3.42. The molecule has 0 saturated carbocycles. The molecule has 4 rings (SSSR count). The van der Waals surface area contributed by atoms with Gasteiger partial charge in [0.1, 0.15) is 5.82 Å². The van der Waals surface area contributed by atoms with Crippen molar-refractivity contribution in [3.8, 4) is 11.3 Å². The summed E-state index contributed by atoms with van der Waals surface area (Å²) in [6, 6.07) is 6.32. The van der Waals surface area contributed by atoms with Crippen molar-refractivity contribution in [2.75, 3.05) is 6.54 Å². The first-order valence-corrected chi connectivity index (χ1v) is 9.06. The first kappa shape index (κ1) is 18.0. The lowest BCUT2D eigenvalue weighted by Gasteiger charge is -2.02. The summed E-state index contributed by atoms with van der Waals surface area (Å²) in [6.07, 6.45) is 6.05. The third-order valence-electron chi connectivity index (χ3n) is 4.70. The van der Waals surface area contributed by atoms with Crippen molar-refractivity contribution in [3.05, 3.63) is 59.9 Å². The number of benzene rings is 1. The molecule has 0 fully saturated rings. The lowest BCUT2D eigenvalue weighted by atomic mass is 10.1. The van der Waals surface area contributed by atoms with E-state index < -0.39 is 0 Å². The fourth-order valence-corrected chi connectivity index (χ4v) is 3.23. The Labute approximate surface area is 160 Å². The van der Waals surface area contributed by atoms with Gasteiger partial charge in [-0.1, -0.05) is 5.16 Å². The minimum Gasteiger partial charge on any atom is -0.355 e. The fourth-order valence-electron chi connectivity index (χ4n) is 3.23. The van der Waals surface area contributed by atoms with E-state index in [9.17, 15) is 9.18 Å². The van der Waals surface area contributed by atoms with Crippen LogP contribution in [0.3, 0.4) is 0 Å². The minimum atomic E-state index is -0.315. The highest BCUT2D eigenvalue weighted by molar-refractivity contribution is 5.93. The van der Waals surface area contributed by atoms with Gasteiger partial charge >= 0.3 is 0 Å². The van der Waals surface area contributed by atoms with Gasteiger partial charge in [0.15, 0.2) is 11.5 Å². The number of aromatic nitrogens is 4. The monoisotopic (exact) mass is 381 g/mol. The van der Waals surface area contributed by atoms with Crippen LogP contribution >= 0.6 is 0 Å². The Bertz CT molecular complexity index is 1140. The van der Waals surface area contributed by atoms with Gasteiger partial charge in [0.25, 0.3) is 5.91 Å². The van der Waals surface area contributed by atoms with Gasteiger partial charge in [0.2, 0.25) is 0 Å². The summed E-state index contributed by atoms with van der Waals surface area (Å²) in [5, 5.41) is 11.7. The molecule has 8 heteroatoms. The van der Waals surface area contributed by atoms with Crippen LogP contribution < -0.4 is 5.32 Å². The van der Waals surface area contributed by atoms with Crippen LogP contribution in [-0.4, -0.2) is 32.0 Å². The zero-order valence-corrected chi connectivity index (χ0v) is 15.6. The summed E-state index contributed by atoms with van der Waals surface area (Å²) in [4.78, 5) is 12.3. The molecule has 0 unspecified atom stereocenters. The fraction of sp³-hybridized carbons (Fsp3) is 0.250. The molecule has 3 heterocycles. The van der Waals surface area contributed by atoms with Gasteiger partial charge in [-0.15, -0.1) is 0 Å². The maximum Gasteiger partial charge on any atom is 0.273 e. The van der Waals surface area contributed by atoms with Gasteiger partial charge < -0.3 is 14.4 Å². The van der Waals surface area contributed by atoms with Gasteiger partial charge in [-0.2, -0.15) is 5.10 Å². The van der Waals surface area contributed by atoms with E-state index >= 15 is 0 Å². The zero-order valence-electron chi connectivity index (χ0n) is 15.6. The molecule has 0 saturated heterocycles. The molecule has 1 amide bonds. The van der Waals surface area contributed by atoms with Gasteiger partial charge in [0, 0.05) is 49.5 Å². The minimum absolute atomic E-state index is 0.211. The first-order valence-electron chi connectivity index (χ1n) is 9.06. The van der Waals surface area contributed by atoms with Crippen LogP contribution in [0.25, 0.3) is 22.2 Å². The van der Waals surface area contributed by atoms with Gasteiger partial charge in [-0.3, -0.25) is 9.48 Å². The number of nitrogens with zero attached hydrogens (tertiary/aromatic N) is 4. The van der Waals surface area contributed by atoms with Crippen LogP contribution in [0.15, 0.2) is 47.4 Å². The number of aryl methyl sites for hydroxylation is 2. The number of fused-ring (bicyclic) bond motifs is 1. The summed E-state index contributed by atoms with van der Waals surface area (Å²) in [5.41, 5.74) is 2.91. The van der Waals surface area contributed by atoms with Crippen LogP contribution in [-0.2, 0) is 20.0 Å². The molecule has 144 valence electrons. The topological polar surface area (TPSA) is 77.9 Å². The lowest BCUT2D eigenvalue weighted by molar-refractivity contribution is 0.0945. The number of hydrogen-bond acceptors (Lipinski definition) is 4. The molecule has 7 nitrogen and oxygen atoms in total. The van der Waals surface area contributed by atoms with Gasteiger partial charge in [-0.05, 0) is 37.1 Å². The summed E-state index contributed by atoms with van der Waals surface area (Å²) in [6.45, 7) is 3.14. The highest BCUT2D eigenvalue weighted by atomic mass is 19.1. The molecule has 1 N–H and O–H groups in total. The SMILES string of the molecule is CCn1cc(-c2cc(C(=O)NCCc3cn(C)c4ccc(F)cc34)no2)cn1. The van der Waals surface area contributed by atoms with E-state index in [4.69, 9.17) is 4.52 Å². The van der Waals surface area contributed by atoms with Crippen LogP contribution in [0.2, 0.25) is 0 Å². The highest BCUT2D eigenvalue weighted by Gasteiger charge is 2.15. The second kappa shape index (κ2) is 7.30. The molecule has 4 aromatic rings. The van der Waals surface area contributed by atoms with E-state index in [1.54, 1.807) is 23.0 Å². The third-order valence-corrected chi connectivity index (χ3v) is 4.70. The summed E-state index contributed by atoms with van der Waals surface area (Å²) >= 11 is 0. The predicted molar refractivity (Wildman–Crippen MR) is 102 cm³/mol. The molecule has 3 aromatic heterocycles. The number of halogens is 1. The molecular weight excluding hydrogens is 361 g/mol. The largest absolute Gasteiger partial charge is 0.355 e. The number of carbonyl (C=O) groups excluding carboxylic acids is 1. The van der Waals surface area contributed by atoms with Crippen molar-refractivity contribution < 1.29 is 13.7 Å². The van der Waals surface area contributed by atoms with Gasteiger partial charge in [0.05, 0.1) is 11.8 Å². The Morgan fingerprint density at radius 1 is 1.29 bits per heavy atom. The molecule has 0 bridgehead atoms. The van der Waals surface area contributed by atoms with Crippen LogP contribution in [0.5, 0.6) is 0 Å². The van der Waals surface area contributed by atoms with E-state index in [0.717, 1.165) is 28.6 Å². The molecule has 1 aromatic carbocycles. The molecule has 0 radical (unpaired) electrons. The highest BCUT2D eigenvalue weighted by Crippen LogP contribution is 2.22. The van der Waals surface area contributed by atoms with Crippen molar-refractivity contribution in [2.45, 2.75) is 19.9 Å². The number of amides is 1. The molecular formula is C20H20FN5O2. The Morgan fingerprint density at radius 2 is 2.14 bits per heavy atom. The second-order valence-electron chi connectivity index (χ2n) is 6.59. The van der Waals surface area contributed by atoms with Crippen molar-refractivity contribution in [2.24, 2.45) is 7.05 Å². The molecule has 0 atom stereocenters. The Balaban J connectivity index is 1.41. The predicted octanol–water partition coefficient (Wildman–Crippen LogP) is 3.16. The third kappa shape index (κ3) is 3.40. The van der Waals surface area contributed by atoms with Crippen molar-refractivity contribution in [1.29, 1.82) is 0 Å². The van der Waals surface area contributed by atoms with Crippen molar-refractivity contribution in [3.63, 3.8) is 0 Å². The maximum absolute atomic E-state index is 13.6. The second-order valence-corrected chi connectivity index (χ2v) is 6.59. The molecule has 0 spiro atoms. The summed E-state index contributed by atoms with van der Waals surface area (Å²) in [5.74, 6) is -0.0933. The van der Waals surface area contributed by atoms with Gasteiger partial charge in [-0.25, -0.2) is 4.39 Å². The standard InChI is InChI=1S/C20H20FN5O2/c1-3-26-12-14(10-23-26)19-9-17(24-28-19)20(27)22-7-6-13-11-25(2)18-5-4-15(21)8-16(13)18/h4-5,8-12H,3,6-7H2,1-2H3,(H,22,27). The van der Waals surface area contributed by atoms with E-state index in [1.807, 2.05) is 30.9 Å². The molecule has 0 aliphatic rings. The number of nitrogens with one attached hydrogen (secondary N) is 1. The molecule has 28 heavy (non-hydrogen) atoms. The number of hydrogen-bond donors (Lipinski definition) is 1. The molecule has 0 aliphatic heterocycles. The maximum atomic E-state index is 13.6. The van der Waals surface area contributed by atoms with Crippen molar-refractivity contribution in [1.82, 2.24) is 24.8 Å². The smallest absolute Gasteiger partial charge is 0.273 e. The number of carbonyl (C=O) groups is 1. The van der Waals surface area contributed by atoms with E-state index in [0.29, 0.717) is 18.7 Å².